The lowest BCUT2D eigenvalue weighted by atomic mass is 10.0. The molecular formula is C19H18N2O. The average Bonchev–Trinajstić information content (AvgIpc) is 2.54. The third-order valence-electron chi connectivity index (χ3n) is 3.65. The maximum atomic E-state index is 12.4. The van der Waals surface area contributed by atoms with E-state index in [0.717, 1.165) is 22.2 Å². The van der Waals surface area contributed by atoms with Crippen LogP contribution in [0.1, 0.15) is 22.8 Å². The van der Waals surface area contributed by atoms with E-state index in [4.69, 9.17) is 4.98 Å². The highest BCUT2D eigenvalue weighted by Gasteiger charge is 2.13. The summed E-state index contributed by atoms with van der Waals surface area (Å²) in [5.41, 5.74) is 4.54. The minimum atomic E-state index is -0.0607. The SMILES string of the molecule is CCNC(=O)c1cc(-c2ccc(C)cc2)nc2ccccc12. The van der Waals surface area contributed by atoms with Gasteiger partial charge in [-0.05, 0) is 26.0 Å². The van der Waals surface area contributed by atoms with Crippen LogP contribution >= 0.6 is 0 Å². The Hall–Kier alpha value is -2.68. The third-order valence-corrected chi connectivity index (χ3v) is 3.65. The minimum Gasteiger partial charge on any atom is -0.352 e. The zero-order valence-corrected chi connectivity index (χ0v) is 12.8. The van der Waals surface area contributed by atoms with Gasteiger partial charge < -0.3 is 5.32 Å². The molecule has 0 spiro atoms. The molecule has 0 aliphatic heterocycles. The van der Waals surface area contributed by atoms with Crippen LogP contribution in [0.15, 0.2) is 54.6 Å². The zero-order valence-electron chi connectivity index (χ0n) is 12.8. The quantitative estimate of drug-likeness (QED) is 0.793. The van der Waals surface area contributed by atoms with E-state index in [0.29, 0.717) is 12.1 Å². The fourth-order valence-corrected chi connectivity index (χ4v) is 2.49. The molecule has 2 aromatic carbocycles. The van der Waals surface area contributed by atoms with Crippen molar-refractivity contribution in [1.29, 1.82) is 0 Å². The molecule has 0 aliphatic rings. The first-order valence-corrected chi connectivity index (χ1v) is 7.44. The number of nitrogens with one attached hydrogen (secondary N) is 1. The summed E-state index contributed by atoms with van der Waals surface area (Å²) in [6.07, 6.45) is 0. The number of carbonyl (C=O) groups is 1. The van der Waals surface area contributed by atoms with E-state index in [1.165, 1.54) is 5.56 Å². The second kappa shape index (κ2) is 5.98. The van der Waals surface area contributed by atoms with E-state index in [9.17, 15) is 4.79 Å². The third kappa shape index (κ3) is 2.70. The molecule has 0 aliphatic carbocycles. The Morgan fingerprint density at radius 1 is 1.09 bits per heavy atom. The highest BCUT2D eigenvalue weighted by atomic mass is 16.1. The molecule has 1 N–H and O–H groups in total. The van der Waals surface area contributed by atoms with Gasteiger partial charge in [0.05, 0.1) is 16.8 Å². The number of amides is 1. The Morgan fingerprint density at radius 3 is 2.55 bits per heavy atom. The van der Waals surface area contributed by atoms with Gasteiger partial charge in [-0.2, -0.15) is 0 Å². The molecule has 0 fully saturated rings. The van der Waals surface area contributed by atoms with Gasteiger partial charge in [0.2, 0.25) is 0 Å². The van der Waals surface area contributed by atoms with E-state index >= 15 is 0 Å². The predicted molar refractivity (Wildman–Crippen MR) is 89.9 cm³/mol. The van der Waals surface area contributed by atoms with Gasteiger partial charge in [-0.1, -0.05) is 48.0 Å². The Balaban J connectivity index is 2.20. The topological polar surface area (TPSA) is 42.0 Å². The van der Waals surface area contributed by atoms with Gasteiger partial charge in [-0.15, -0.1) is 0 Å². The number of aryl methyl sites for hydroxylation is 1. The summed E-state index contributed by atoms with van der Waals surface area (Å²) in [7, 11) is 0. The van der Waals surface area contributed by atoms with Crippen molar-refractivity contribution in [3.05, 3.63) is 65.7 Å². The molecule has 3 heteroatoms. The second-order valence-corrected chi connectivity index (χ2v) is 5.30. The standard InChI is InChI=1S/C19H18N2O/c1-3-20-19(22)16-12-18(14-10-8-13(2)9-11-14)21-17-7-5-4-6-15(16)17/h4-12H,3H2,1-2H3,(H,20,22). The van der Waals surface area contributed by atoms with E-state index in [-0.39, 0.29) is 5.91 Å². The molecule has 0 unspecified atom stereocenters. The van der Waals surface area contributed by atoms with Crippen molar-refractivity contribution in [2.45, 2.75) is 13.8 Å². The largest absolute Gasteiger partial charge is 0.352 e. The Kier molecular flexibility index (Phi) is 3.88. The molecule has 0 bridgehead atoms. The van der Waals surface area contributed by atoms with Crippen LogP contribution in [-0.2, 0) is 0 Å². The Bertz CT molecular complexity index is 822. The van der Waals surface area contributed by atoms with Gasteiger partial charge >= 0.3 is 0 Å². The van der Waals surface area contributed by atoms with Crippen LogP contribution in [0.3, 0.4) is 0 Å². The summed E-state index contributed by atoms with van der Waals surface area (Å²) in [6, 6.07) is 17.8. The zero-order chi connectivity index (χ0) is 15.5. The molecule has 1 heterocycles. The molecule has 0 saturated heterocycles. The van der Waals surface area contributed by atoms with Crippen LogP contribution in [0, 0.1) is 6.92 Å². The molecule has 110 valence electrons. The number of aromatic nitrogens is 1. The lowest BCUT2D eigenvalue weighted by Gasteiger charge is -2.10. The molecular weight excluding hydrogens is 272 g/mol. The van der Waals surface area contributed by atoms with Gasteiger partial charge in [0.25, 0.3) is 5.91 Å². The predicted octanol–water partition coefficient (Wildman–Crippen LogP) is 3.96. The van der Waals surface area contributed by atoms with Crippen LogP contribution in [-0.4, -0.2) is 17.4 Å². The van der Waals surface area contributed by atoms with Crippen LogP contribution in [0.25, 0.3) is 22.2 Å². The molecule has 3 aromatic rings. The average molecular weight is 290 g/mol. The first kappa shape index (κ1) is 14.3. The van der Waals surface area contributed by atoms with Crippen molar-refractivity contribution in [3.63, 3.8) is 0 Å². The summed E-state index contributed by atoms with van der Waals surface area (Å²) in [5.74, 6) is -0.0607. The van der Waals surface area contributed by atoms with Crippen molar-refractivity contribution in [3.8, 4) is 11.3 Å². The number of hydrogen-bond acceptors (Lipinski definition) is 2. The van der Waals surface area contributed by atoms with E-state index in [1.807, 2.05) is 49.4 Å². The maximum Gasteiger partial charge on any atom is 0.252 e. The fourth-order valence-electron chi connectivity index (χ4n) is 2.49. The number of carbonyl (C=O) groups excluding carboxylic acids is 1. The van der Waals surface area contributed by atoms with E-state index in [2.05, 4.69) is 24.4 Å². The highest BCUT2D eigenvalue weighted by Crippen LogP contribution is 2.25. The van der Waals surface area contributed by atoms with Gasteiger partial charge in [-0.25, -0.2) is 4.98 Å². The molecule has 1 aromatic heterocycles. The van der Waals surface area contributed by atoms with E-state index < -0.39 is 0 Å². The van der Waals surface area contributed by atoms with Crippen LogP contribution < -0.4 is 5.32 Å². The van der Waals surface area contributed by atoms with Gasteiger partial charge in [0.1, 0.15) is 0 Å². The summed E-state index contributed by atoms with van der Waals surface area (Å²) in [4.78, 5) is 17.1. The summed E-state index contributed by atoms with van der Waals surface area (Å²) in [5, 5.41) is 3.75. The van der Waals surface area contributed by atoms with Crippen molar-refractivity contribution >= 4 is 16.8 Å². The van der Waals surface area contributed by atoms with Crippen LogP contribution in [0.5, 0.6) is 0 Å². The Labute approximate surface area is 130 Å². The number of para-hydroxylation sites is 1. The van der Waals surface area contributed by atoms with Crippen molar-refractivity contribution in [1.82, 2.24) is 10.3 Å². The molecule has 0 saturated carbocycles. The fraction of sp³-hybridized carbons (Fsp3) is 0.158. The molecule has 0 radical (unpaired) electrons. The Morgan fingerprint density at radius 2 is 1.82 bits per heavy atom. The molecule has 0 atom stereocenters. The summed E-state index contributed by atoms with van der Waals surface area (Å²) >= 11 is 0. The van der Waals surface area contributed by atoms with Gasteiger partial charge in [0.15, 0.2) is 0 Å². The molecule has 1 amide bonds. The molecule has 22 heavy (non-hydrogen) atoms. The first-order valence-electron chi connectivity index (χ1n) is 7.44. The van der Waals surface area contributed by atoms with Crippen molar-refractivity contribution in [2.75, 3.05) is 6.54 Å². The lowest BCUT2D eigenvalue weighted by molar-refractivity contribution is 0.0957. The number of rotatable bonds is 3. The van der Waals surface area contributed by atoms with Gasteiger partial charge in [0, 0.05) is 17.5 Å². The second-order valence-electron chi connectivity index (χ2n) is 5.30. The van der Waals surface area contributed by atoms with E-state index in [1.54, 1.807) is 0 Å². The molecule has 3 nitrogen and oxygen atoms in total. The van der Waals surface area contributed by atoms with Crippen LogP contribution in [0.4, 0.5) is 0 Å². The van der Waals surface area contributed by atoms with Gasteiger partial charge in [-0.3, -0.25) is 4.79 Å². The number of fused-ring (bicyclic) bond motifs is 1. The number of nitrogens with zero attached hydrogens (tertiary/aromatic N) is 1. The lowest BCUT2D eigenvalue weighted by Crippen LogP contribution is -2.23. The number of pyridine rings is 1. The summed E-state index contributed by atoms with van der Waals surface area (Å²) < 4.78 is 0. The monoisotopic (exact) mass is 290 g/mol. The van der Waals surface area contributed by atoms with Crippen molar-refractivity contribution < 1.29 is 4.79 Å². The minimum absolute atomic E-state index is 0.0607. The first-order chi connectivity index (χ1) is 10.7. The van der Waals surface area contributed by atoms with Crippen molar-refractivity contribution in [2.24, 2.45) is 0 Å². The van der Waals surface area contributed by atoms with Crippen LogP contribution in [0.2, 0.25) is 0 Å². The number of benzene rings is 2. The number of hydrogen-bond donors (Lipinski definition) is 1. The smallest absolute Gasteiger partial charge is 0.252 e. The normalized spacial score (nSPS) is 10.6. The molecule has 3 rings (SSSR count). The summed E-state index contributed by atoms with van der Waals surface area (Å²) in [6.45, 7) is 4.58. The maximum absolute atomic E-state index is 12.4. The highest BCUT2D eigenvalue weighted by molar-refractivity contribution is 6.07.